The van der Waals surface area contributed by atoms with E-state index < -0.39 is 78.1 Å². The quantitative estimate of drug-likeness (QED) is 0.254. The molecule has 2 rings (SSSR count). The predicted molar refractivity (Wildman–Crippen MR) is 159 cm³/mol. The van der Waals surface area contributed by atoms with Crippen molar-refractivity contribution >= 4 is 44.4 Å². The van der Waals surface area contributed by atoms with Gasteiger partial charge in [-0.3, -0.25) is 0 Å². The average Bonchev–Trinajstić information content (AvgIpc) is 2.85. The molecule has 0 bridgehead atoms. The Kier molecular flexibility index (Phi) is 11.0. The number of hydrogen-bond acceptors (Lipinski definition) is 11. The first-order chi connectivity index (χ1) is 20.4. The fourth-order valence-electron chi connectivity index (χ4n) is 4.00. The summed E-state index contributed by atoms with van der Waals surface area (Å²) in [6.45, 7) is 8.81. The Hall–Kier alpha value is -4.22. The Labute approximate surface area is 261 Å². The van der Waals surface area contributed by atoms with Crippen LogP contribution in [-0.2, 0) is 54.0 Å². The molecule has 45 heavy (non-hydrogen) atoms. The molecular formula is C28H36N2O13S2. The molecule has 4 N–H and O–H groups in total. The molecule has 2 aromatic carbocycles. The minimum absolute atomic E-state index is 0.288. The minimum atomic E-state index is -5.49. The second kappa shape index (κ2) is 13.4. The predicted octanol–water partition coefficient (Wildman–Crippen LogP) is 2.67. The summed E-state index contributed by atoms with van der Waals surface area (Å²) in [6.07, 6.45) is -2.69. The van der Waals surface area contributed by atoms with E-state index in [-0.39, 0.29) is 11.1 Å². The number of amides is 2. The normalized spacial score (nSPS) is 15.1. The summed E-state index contributed by atoms with van der Waals surface area (Å²) in [5.41, 5.74) is -8.52. The van der Waals surface area contributed by atoms with Crippen molar-refractivity contribution < 1.29 is 59.3 Å². The Morgan fingerprint density at radius 1 is 0.600 bits per heavy atom. The third kappa shape index (κ3) is 10.4. The van der Waals surface area contributed by atoms with Gasteiger partial charge in [-0.25, -0.2) is 19.2 Å². The van der Waals surface area contributed by atoms with Gasteiger partial charge in [0.15, 0.2) is 11.1 Å². The van der Waals surface area contributed by atoms with Crippen LogP contribution in [0.2, 0.25) is 0 Å². The van der Waals surface area contributed by atoms with Crippen molar-refractivity contribution in [3.63, 3.8) is 0 Å². The summed E-state index contributed by atoms with van der Waals surface area (Å²) in [4.78, 5) is 50.6. The van der Waals surface area contributed by atoms with Crippen molar-refractivity contribution in [1.29, 1.82) is 0 Å². The second-order valence-corrected chi connectivity index (χ2v) is 15.2. The fraction of sp³-hybridized carbons (Fsp3) is 0.429. The van der Waals surface area contributed by atoms with Crippen molar-refractivity contribution in [2.75, 3.05) is 11.5 Å². The molecule has 2 aromatic rings. The highest BCUT2D eigenvalue weighted by Gasteiger charge is 2.51. The SMILES string of the molecule is CC(C)(C)OC(=O)N[C@](CS(=O)(=O)OS(=O)(=O)C[C@@](NC(=O)OC(C)(C)C)(C(=O)O)c1ccccc1)(C(=O)O)c1ccccc1. The van der Waals surface area contributed by atoms with E-state index in [0.29, 0.717) is 0 Å². The highest BCUT2D eigenvalue weighted by atomic mass is 32.3. The van der Waals surface area contributed by atoms with Gasteiger partial charge in [-0.2, -0.15) is 16.8 Å². The van der Waals surface area contributed by atoms with E-state index in [1.165, 1.54) is 102 Å². The number of aliphatic carboxylic acids is 2. The van der Waals surface area contributed by atoms with Gasteiger partial charge in [0.05, 0.1) is 0 Å². The number of rotatable bonds is 12. The molecule has 0 saturated carbocycles. The van der Waals surface area contributed by atoms with E-state index >= 15 is 0 Å². The van der Waals surface area contributed by atoms with E-state index in [1.807, 2.05) is 10.6 Å². The number of benzene rings is 2. The third-order valence-corrected chi connectivity index (χ3v) is 8.92. The van der Waals surface area contributed by atoms with Gasteiger partial charge >= 0.3 is 24.1 Å². The molecule has 2 amide bonds. The monoisotopic (exact) mass is 672 g/mol. The van der Waals surface area contributed by atoms with E-state index in [9.17, 15) is 46.2 Å². The second-order valence-electron chi connectivity index (χ2n) is 11.9. The Balaban J connectivity index is 2.59. The number of hydrogen-bond donors (Lipinski definition) is 4. The molecule has 17 heteroatoms. The maximum absolute atomic E-state index is 13.3. The topological polar surface area (TPSA) is 229 Å². The van der Waals surface area contributed by atoms with Crippen LogP contribution in [0.3, 0.4) is 0 Å². The first-order valence-electron chi connectivity index (χ1n) is 13.2. The molecule has 0 aliphatic carbocycles. The van der Waals surface area contributed by atoms with Crippen LogP contribution in [0, 0.1) is 0 Å². The van der Waals surface area contributed by atoms with Crippen LogP contribution in [0.1, 0.15) is 52.7 Å². The molecule has 0 aromatic heterocycles. The minimum Gasteiger partial charge on any atom is -0.479 e. The molecule has 0 fully saturated rings. The number of carboxylic acid groups (broad SMARTS) is 2. The summed E-state index contributed by atoms with van der Waals surface area (Å²) in [5, 5.41) is 24.4. The van der Waals surface area contributed by atoms with Gasteiger partial charge in [-0.05, 0) is 52.7 Å². The number of nitrogens with one attached hydrogen (secondary N) is 2. The van der Waals surface area contributed by atoms with Crippen LogP contribution < -0.4 is 10.6 Å². The maximum atomic E-state index is 13.3. The zero-order chi connectivity index (χ0) is 34.5. The smallest absolute Gasteiger partial charge is 0.408 e. The molecule has 248 valence electrons. The van der Waals surface area contributed by atoms with Crippen molar-refractivity contribution in [1.82, 2.24) is 10.6 Å². The lowest BCUT2D eigenvalue weighted by atomic mass is 9.92. The first-order valence-corrected chi connectivity index (χ1v) is 16.3. The molecule has 2 atom stereocenters. The van der Waals surface area contributed by atoms with Gasteiger partial charge in [0.1, 0.15) is 22.7 Å². The van der Waals surface area contributed by atoms with Crippen LogP contribution in [0.5, 0.6) is 0 Å². The van der Waals surface area contributed by atoms with Gasteiger partial charge < -0.3 is 30.3 Å². The third-order valence-electron chi connectivity index (χ3n) is 5.69. The largest absolute Gasteiger partial charge is 0.479 e. The fourth-order valence-corrected chi connectivity index (χ4v) is 7.43. The first kappa shape index (κ1) is 37.0. The van der Waals surface area contributed by atoms with E-state index in [4.69, 9.17) is 9.47 Å². The van der Waals surface area contributed by atoms with Gasteiger partial charge in [0.25, 0.3) is 20.2 Å². The van der Waals surface area contributed by atoms with Crippen molar-refractivity contribution in [2.45, 2.75) is 63.8 Å². The average molecular weight is 673 g/mol. The van der Waals surface area contributed by atoms with E-state index in [1.54, 1.807) is 0 Å². The van der Waals surface area contributed by atoms with Crippen LogP contribution in [0.25, 0.3) is 0 Å². The number of carbonyl (C=O) groups excluding carboxylic acids is 2. The molecule has 0 radical (unpaired) electrons. The van der Waals surface area contributed by atoms with Gasteiger partial charge in [-0.15, -0.1) is 3.63 Å². The van der Waals surface area contributed by atoms with Gasteiger partial charge in [0.2, 0.25) is 0 Å². The van der Waals surface area contributed by atoms with Crippen LogP contribution in [0.4, 0.5) is 9.59 Å². The molecule has 0 unspecified atom stereocenters. The summed E-state index contributed by atoms with van der Waals surface area (Å²) in [5.74, 6) is -7.19. The Bertz CT molecular complexity index is 1490. The van der Waals surface area contributed by atoms with Gasteiger partial charge in [0, 0.05) is 0 Å². The van der Waals surface area contributed by atoms with Crippen molar-refractivity contribution in [3.8, 4) is 0 Å². The van der Waals surface area contributed by atoms with Crippen LogP contribution in [-0.4, -0.2) is 73.9 Å². The standard InChI is InChI=1S/C28H36N2O13S2/c1-25(2,3)41-23(35)29-27(21(31)32,19-13-9-7-10-14-19)17-44(37,38)43-45(39,40)18-28(22(33)34,20-15-11-8-12-16-20)30-24(36)42-26(4,5)6/h7-16H,17-18H2,1-6H3,(H,29,35)(H,30,36)(H,31,32)(H,33,34)/t27-,28-/m0/s1. The molecule has 15 nitrogen and oxygen atoms in total. The Morgan fingerprint density at radius 3 is 1.13 bits per heavy atom. The van der Waals surface area contributed by atoms with E-state index in [2.05, 4.69) is 3.63 Å². The lowest BCUT2D eigenvalue weighted by Gasteiger charge is -2.32. The summed E-state index contributed by atoms with van der Waals surface area (Å²) in [6, 6.07) is 13.0. The lowest BCUT2D eigenvalue weighted by Crippen LogP contribution is -2.58. The molecular weight excluding hydrogens is 636 g/mol. The van der Waals surface area contributed by atoms with E-state index in [0.717, 1.165) is 0 Å². The number of ether oxygens (including phenoxy) is 2. The highest BCUT2D eigenvalue weighted by Crippen LogP contribution is 2.29. The number of alkyl carbamates (subject to hydrolysis) is 2. The summed E-state index contributed by atoms with van der Waals surface area (Å²) in [7, 11) is -11.0. The van der Waals surface area contributed by atoms with Crippen LogP contribution in [0.15, 0.2) is 60.7 Å². The molecule has 0 aliphatic rings. The van der Waals surface area contributed by atoms with Gasteiger partial charge in [-0.1, -0.05) is 60.7 Å². The number of carboxylic acids is 2. The zero-order valence-corrected chi connectivity index (χ0v) is 27.0. The summed E-state index contributed by atoms with van der Waals surface area (Å²) >= 11 is 0. The molecule has 0 aliphatic heterocycles. The molecule has 0 spiro atoms. The molecule has 0 saturated heterocycles. The maximum Gasteiger partial charge on any atom is 0.408 e. The lowest BCUT2D eigenvalue weighted by molar-refractivity contribution is -0.145. The molecule has 0 heterocycles. The van der Waals surface area contributed by atoms with Crippen molar-refractivity contribution in [3.05, 3.63) is 71.8 Å². The number of carbonyl (C=O) groups is 4. The highest BCUT2D eigenvalue weighted by molar-refractivity contribution is 7.99. The zero-order valence-electron chi connectivity index (χ0n) is 25.4. The summed E-state index contributed by atoms with van der Waals surface area (Å²) < 4.78 is 67.9. The van der Waals surface area contributed by atoms with Crippen LogP contribution >= 0.6 is 0 Å². The van der Waals surface area contributed by atoms with Crippen molar-refractivity contribution in [2.24, 2.45) is 0 Å². The Morgan fingerprint density at radius 2 is 0.889 bits per heavy atom.